The van der Waals surface area contributed by atoms with Crippen LogP contribution in [0.1, 0.15) is 29.8 Å². The lowest BCUT2D eigenvalue weighted by Crippen LogP contribution is -2.43. The number of aromatic nitrogens is 2. The van der Waals surface area contributed by atoms with Crippen molar-refractivity contribution in [3.63, 3.8) is 0 Å². The summed E-state index contributed by atoms with van der Waals surface area (Å²) in [6.07, 6.45) is 3.63. The monoisotopic (exact) mass is 341 g/mol. The van der Waals surface area contributed by atoms with Gasteiger partial charge in [-0.15, -0.1) is 0 Å². The van der Waals surface area contributed by atoms with Gasteiger partial charge in [-0.05, 0) is 30.9 Å². The highest BCUT2D eigenvalue weighted by Gasteiger charge is 2.39. The van der Waals surface area contributed by atoms with Crippen molar-refractivity contribution in [2.24, 2.45) is 5.92 Å². The number of rotatable bonds is 4. The van der Waals surface area contributed by atoms with Crippen molar-refractivity contribution in [3.8, 4) is 5.69 Å². The highest BCUT2D eigenvalue weighted by molar-refractivity contribution is 5.92. The molecule has 4 rings (SSSR count). The van der Waals surface area contributed by atoms with E-state index in [1.807, 2.05) is 30.3 Å². The molecule has 3 atom stereocenters. The van der Waals surface area contributed by atoms with E-state index < -0.39 is 0 Å². The first-order valence-corrected chi connectivity index (χ1v) is 8.77. The average molecular weight is 341 g/mol. The number of fused-ring (bicyclic) bond motifs is 1. The summed E-state index contributed by atoms with van der Waals surface area (Å²) in [7, 11) is 1.78. The average Bonchev–Trinajstić information content (AvgIpc) is 3.32. The molecule has 25 heavy (non-hydrogen) atoms. The maximum Gasteiger partial charge on any atom is 0.271 e. The molecule has 2 heterocycles. The predicted octanol–water partition coefficient (Wildman–Crippen LogP) is 0.883. The second-order valence-electron chi connectivity index (χ2n) is 6.96. The van der Waals surface area contributed by atoms with E-state index >= 15 is 0 Å². The lowest BCUT2D eigenvalue weighted by molar-refractivity contribution is 0.0769. The first-order chi connectivity index (χ1) is 12.1. The van der Waals surface area contributed by atoms with Crippen molar-refractivity contribution in [2.75, 3.05) is 13.6 Å². The SMILES string of the molecule is CN(CC1NNC2CCCC21)C(=O)c1cc(=O)n(-c2ccccc2)[nH]1. The standard InChI is InChI=1S/C18H23N5O2/c1-22(11-16-13-8-5-9-14(13)19-20-16)18(25)15-10-17(24)23(21-15)12-6-3-2-4-7-12/h2-4,6-7,10,13-14,16,19-21H,5,8-9,11H2,1H3. The number of carbonyl (C=O) groups is 1. The molecule has 1 saturated heterocycles. The number of hydrogen-bond donors (Lipinski definition) is 3. The summed E-state index contributed by atoms with van der Waals surface area (Å²) >= 11 is 0. The number of likely N-dealkylation sites (N-methyl/N-ethyl adjacent to an activating group) is 1. The van der Waals surface area contributed by atoms with Gasteiger partial charge >= 0.3 is 0 Å². The van der Waals surface area contributed by atoms with Gasteiger partial charge < -0.3 is 4.90 Å². The Hall–Kier alpha value is -2.38. The molecule has 3 unspecified atom stereocenters. The van der Waals surface area contributed by atoms with Gasteiger partial charge in [0.2, 0.25) is 0 Å². The van der Waals surface area contributed by atoms with Gasteiger partial charge in [0.25, 0.3) is 11.5 Å². The van der Waals surface area contributed by atoms with Crippen molar-refractivity contribution in [2.45, 2.75) is 31.3 Å². The van der Waals surface area contributed by atoms with Crippen LogP contribution >= 0.6 is 0 Å². The smallest absolute Gasteiger partial charge is 0.271 e. The zero-order chi connectivity index (χ0) is 17.4. The van der Waals surface area contributed by atoms with Crippen molar-refractivity contribution in [1.29, 1.82) is 0 Å². The number of carbonyl (C=O) groups excluding carboxylic acids is 1. The quantitative estimate of drug-likeness (QED) is 0.771. The summed E-state index contributed by atoms with van der Waals surface area (Å²) < 4.78 is 1.39. The molecule has 2 aromatic rings. The van der Waals surface area contributed by atoms with E-state index in [9.17, 15) is 9.59 Å². The maximum absolute atomic E-state index is 12.7. The fraction of sp³-hybridized carbons (Fsp3) is 0.444. The Kier molecular flexibility index (Phi) is 4.19. The zero-order valence-corrected chi connectivity index (χ0v) is 14.2. The topological polar surface area (TPSA) is 82.2 Å². The molecule has 132 valence electrons. The largest absolute Gasteiger partial charge is 0.339 e. The van der Waals surface area contributed by atoms with Crippen LogP contribution in [0.15, 0.2) is 41.2 Å². The van der Waals surface area contributed by atoms with Crippen molar-refractivity contribution < 1.29 is 4.79 Å². The fourth-order valence-corrected chi connectivity index (χ4v) is 4.01. The number of aromatic amines is 1. The fourth-order valence-electron chi connectivity index (χ4n) is 4.01. The van der Waals surface area contributed by atoms with Gasteiger partial charge in [0, 0.05) is 31.7 Å². The van der Waals surface area contributed by atoms with Crippen molar-refractivity contribution in [1.82, 2.24) is 25.5 Å². The van der Waals surface area contributed by atoms with Crippen LogP contribution in [-0.2, 0) is 0 Å². The molecule has 1 aromatic carbocycles. The number of hydrazine groups is 1. The van der Waals surface area contributed by atoms with Crippen molar-refractivity contribution in [3.05, 3.63) is 52.4 Å². The summed E-state index contributed by atoms with van der Waals surface area (Å²) in [5.74, 6) is 0.401. The summed E-state index contributed by atoms with van der Waals surface area (Å²) in [5.41, 5.74) is 7.44. The number of benzene rings is 1. The van der Waals surface area contributed by atoms with Crippen molar-refractivity contribution >= 4 is 5.91 Å². The van der Waals surface area contributed by atoms with Gasteiger partial charge in [0.1, 0.15) is 5.69 Å². The molecule has 2 fully saturated rings. The Morgan fingerprint density at radius 2 is 2.04 bits per heavy atom. The minimum absolute atomic E-state index is 0.171. The second-order valence-corrected chi connectivity index (χ2v) is 6.96. The normalized spacial score (nSPS) is 25.1. The molecule has 1 amide bonds. The lowest BCUT2D eigenvalue weighted by atomic mass is 9.97. The number of nitrogens with one attached hydrogen (secondary N) is 3. The van der Waals surface area contributed by atoms with Gasteiger partial charge in [0.05, 0.1) is 5.69 Å². The van der Waals surface area contributed by atoms with Gasteiger partial charge in [-0.1, -0.05) is 24.6 Å². The maximum atomic E-state index is 12.7. The molecule has 1 saturated carbocycles. The van der Waals surface area contributed by atoms with Crippen LogP contribution in [0.4, 0.5) is 0 Å². The van der Waals surface area contributed by atoms with Crippen LogP contribution in [-0.4, -0.2) is 46.3 Å². The van der Waals surface area contributed by atoms with Gasteiger partial charge in [-0.3, -0.25) is 25.5 Å². The Morgan fingerprint density at radius 3 is 2.84 bits per heavy atom. The first kappa shape index (κ1) is 16.1. The number of para-hydroxylation sites is 1. The number of H-pyrrole nitrogens is 1. The Labute approximate surface area is 146 Å². The molecule has 0 bridgehead atoms. The number of amides is 1. The molecule has 1 aromatic heterocycles. The van der Waals surface area contributed by atoms with E-state index in [0.29, 0.717) is 29.9 Å². The third-order valence-corrected chi connectivity index (χ3v) is 5.32. The Morgan fingerprint density at radius 1 is 1.24 bits per heavy atom. The molecule has 0 spiro atoms. The highest BCUT2D eigenvalue weighted by Crippen LogP contribution is 2.31. The summed E-state index contributed by atoms with van der Waals surface area (Å²) in [6, 6.07) is 11.4. The number of nitrogens with zero attached hydrogens (tertiary/aromatic N) is 2. The molecule has 1 aliphatic heterocycles. The van der Waals surface area contributed by atoms with E-state index in [1.54, 1.807) is 11.9 Å². The predicted molar refractivity (Wildman–Crippen MR) is 94.5 cm³/mol. The second kappa shape index (κ2) is 6.50. The van der Waals surface area contributed by atoms with Gasteiger partial charge in [-0.2, -0.15) is 0 Å². The molecular formula is C18H23N5O2. The van der Waals surface area contributed by atoms with E-state index in [1.165, 1.54) is 30.0 Å². The first-order valence-electron chi connectivity index (χ1n) is 8.77. The lowest BCUT2D eigenvalue weighted by Gasteiger charge is -2.24. The minimum atomic E-state index is -0.237. The summed E-state index contributed by atoms with van der Waals surface area (Å²) in [5, 5.41) is 2.93. The van der Waals surface area contributed by atoms with E-state index in [2.05, 4.69) is 16.0 Å². The molecule has 0 radical (unpaired) electrons. The summed E-state index contributed by atoms with van der Waals surface area (Å²) in [6.45, 7) is 0.617. The van der Waals surface area contributed by atoms with Gasteiger partial charge in [-0.25, -0.2) is 4.68 Å². The van der Waals surface area contributed by atoms with Crippen LogP contribution in [0, 0.1) is 5.92 Å². The minimum Gasteiger partial charge on any atom is -0.339 e. The third-order valence-electron chi connectivity index (χ3n) is 5.32. The van der Waals surface area contributed by atoms with Gasteiger partial charge in [0.15, 0.2) is 0 Å². The van der Waals surface area contributed by atoms with Crippen LogP contribution in [0.5, 0.6) is 0 Å². The molecular weight excluding hydrogens is 318 g/mol. The molecule has 1 aliphatic carbocycles. The van der Waals surface area contributed by atoms with E-state index in [0.717, 1.165) is 0 Å². The molecule has 3 N–H and O–H groups in total. The van der Waals surface area contributed by atoms with E-state index in [4.69, 9.17) is 0 Å². The van der Waals surface area contributed by atoms with Crippen LogP contribution < -0.4 is 16.4 Å². The van der Waals surface area contributed by atoms with E-state index in [-0.39, 0.29) is 17.5 Å². The molecule has 2 aliphatic rings. The Bertz CT molecular complexity index is 812. The summed E-state index contributed by atoms with van der Waals surface area (Å²) in [4.78, 5) is 26.6. The molecule has 7 heteroatoms. The zero-order valence-electron chi connectivity index (χ0n) is 14.2. The molecule has 7 nitrogen and oxygen atoms in total. The van der Waals surface area contributed by atoms with Crippen LogP contribution in [0.3, 0.4) is 0 Å². The third kappa shape index (κ3) is 3.01. The van der Waals surface area contributed by atoms with Crippen LogP contribution in [0.2, 0.25) is 0 Å². The number of hydrogen-bond acceptors (Lipinski definition) is 4. The Balaban J connectivity index is 1.48. The highest BCUT2D eigenvalue weighted by atomic mass is 16.2. The van der Waals surface area contributed by atoms with Crippen LogP contribution in [0.25, 0.3) is 5.69 Å².